The highest BCUT2D eigenvalue weighted by atomic mass is 31.1. The molecule has 0 aliphatic heterocycles. The summed E-state index contributed by atoms with van der Waals surface area (Å²) in [6.45, 7) is 45.2. The Hall–Kier alpha value is -1.21. The zero-order valence-corrected chi connectivity index (χ0v) is 39.6. The quantitative estimate of drug-likeness (QED) is 0.135. The maximum atomic E-state index is 2.88. The molecule has 0 aliphatic carbocycles. The molecule has 0 saturated heterocycles. The second kappa shape index (κ2) is 13.6. The number of rotatable bonds is 12. The summed E-state index contributed by atoms with van der Waals surface area (Å²) < 4.78 is 8.63. The predicted octanol–water partition coefficient (Wildman–Crippen LogP) is 10.9. The minimum atomic E-state index is -1.60. The molecule has 0 aliphatic rings. The fourth-order valence-corrected chi connectivity index (χ4v) is 40.1. The third-order valence-corrected chi connectivity index (χ3v) is 32.1. The highest BCUT2D eigenvalue weighted by Crippen LogP contribution is 2.39. The molecule has 10 heteroatoms. The zero-order chi connectivity index (χ0) is 35.3. The second-order valence-electron chi connectivity index (χ2n) is 18.9. The van der Waals surface area contributed by atoms with Crippen molar-refractivity contribution >= 4 is 90.3 Å². The molecule has 0 radical (unpaired) electrons. The van der Waals surface area contributed by atoms with E-state index in [1.807, 2.05) is 0 Å². The molecule has 0 spiro atoms. The molecule has 0 amide bonds. The van der Waals surface area contributed by atoms with Crippen molar-refractivity contribution in [2.45, 2.75) is 118 Å². The van der Waals surface area contributed by atoms with E-state index >= 15 is 0 Å². The lowest BCUT2D eigenvalue weighted by atomic mass is 10.3. The zero-order valence-electron chi connectivity index (χ0n) is 32.7. The lowest BCUT2D eigenvalue weighted by Gasteiger charge is -2.46. The van der Waals surface area contributed by atoms with E-state index < -0.39 is 57.3 Å². The van der Waals surface area contributed by atoms with Gasteiger partial charge in [0, 0.05) is 17.1 Å². The highest BCUT2D eigenvalue weighted by Gasteiger charge is 2.38. The first-order valence-corrected chi connectivity index (χ1v) is 39.2. The van der Waals surface area contributed by atoms with Crippen molar-refractivity contribution in [2.24, 2.45) is 0 Å². The Morgan fingerprint density at radius 1 is 0.326 bits per heavy atom. The Morgan fingerprint density at radius 3 is 0.696 bits per heavy atom. The van der Waals surface area contributed by atoms with Gasteiger partial charge in [0.1, 0.15) is 49.4 Å². The van der Waals surface area contributed by atoms with Crippen molar-refractivity contribution < 1.29 is 0 Å². The van der Waals surface area contributed by atoms with Crippen LogP contribution in [0.1, 0.15) is 0 Å². The fraction of sp³-hybridized carbons (Fsp3) is 0.500. The third-order valence-electron chi connectivity index (χ3n) is 8.06. The van der Waals surface area contributed by atoms with E-state index in [4.69, 9.17) is 0 Å². The molecule has 254 valence electrons. The van der Waals surface area contributed by atoms with Crippen molar-refractivity contribution in [2.75, 3.05) is 12.7 Å². The normalized spacial score (nSPS) is 13.6. The monoisotopic (exact) mass is 739 g/mol. The van der Waals surface area contributed by atoms with Gasteiger partial charge in [0.2, 0.25) is 0 Å². The molecule has 0 aromatic heterocycles. The van der Waals surface area contributed by atoms with Crippen LogP contribution in [0.2, 0.25) is 118 Å². The highest BCUT2D eigenvalue weighted by molar-refractivity contribution is 7.79. The average molecular weight is 740 g/mol. The van der Waals surface area contributed by atoms with Crippen molar-refractivity contribution in [1.29, 1.82) is 0 Å². The molecular formula is C36H66N3PSi6. The minimum absolute atomic E-state index is 0.771. The van der Waals surface area contributed by atoms with E-state index in [2.05, 4.69) is 203 Å². The number of nitrogens with zero attached hydrogens (tertiary/aromatic N) is 3. The van der Waals surface area contributed by atoms with Crippen LogP contribution in [0.15, 0.2) is 72.8 Å². The summed E-state index contributed by atoms with van der Waals surface area (Å²) >= 11 is 0. The van der Waals surface area contributed by atoms with Gasteiger partial charge in [-0.05, 0) is 60.2 Å². The van der Waals surface area contributed by atoms with Gasteiger partial charge >= 0.3 is 0 Å². The summed E-state index contributed by atoms with van der Waals surface area (Å²) in [7, 11) is -10.4. The first-order valence-electron chi connectivity index (χ1n) is 17.1. The molecule has 3 nitrogen and oxygen atoms in total. The summed E-state index contributed by atoms with van der Waals surface area (Å²) in [5.41, 5.74) is 4.27. The Kier molecular flexibility index (Phi) is 11.6. The Bertz CT molecular complexity index is 1270. The van der Waals surface area contributed by atoms with Crippen molar-refractivity contribution in [3.8, 4) is 0 Å². The predicted molar refractivity (Wildman–Crippen MR) is 233 cm³/mol. The second-order valence-corrected chi connectivity index (χ2v) is 51.2. The van der Waals surface area contributed by atoms with E-state index in [0.717, 1.165) is 0 Å². The third kappa shape index (κ3) is 9.48. The Balaban J connectivity index is 2.38. The van der Waals surface area contributed by atoms with E-state index in [-0.39, 0.29) is 0 Å². The van der Waals surface area contributed by atoms with Crippen molar-refractivity contribution in [1.82, 2.24) is 0 Å². The summed E-state index contributed by atoms with van der Waals surface area (Å²) in [6, 6.07) is 29.2. The first-order chi connectivity index (χ1) is 20.6. The van der Waals surface area contributed by atoms with Crippen LogP contribution in [-0.2, 0) is 0 Å². The molecule has 0 heterocycles. The van der Waals surface area contributed by atoms with Gasteiger partial charge in [0.15, 0.2) is 0 Å². The van der Waals surface area contributed by atoms with Gasteiger partial charge in [0.05, 0.1) is 0 Å². The van der Waals surface area contributed by atoms with Gasteiger partial charge in [-0.25, -0.2) is 0 Å². The molecule has 46 heavy (non-hydrogen) atoms. The van der Waals surface area contributed by atoms with Gasteiger partial charge in [-0.1, -0.05) is 154 Å². The first kappa shape index (κ1) is 39.2. The summed E-state index contributed by atoms with van der Waals surface area (Å²) in [5, 5.41) is 4.38. The topological polar surface area (TPSA) is 9.72 Å². The summed E-state index contributed by atoms with van der Waals surface area (Å²) in [6.07, 6.45) is 0. The van der Waals surface area contributed by atoms with Gasteiger partial charge in [-0.3, -0.25) is 0 Å². The van der Waals surface area contributed by atoms with Crippen LogP contribution in [0.25, 0.3) is 0 Å². The average Bonchev–Trinajstić information content (AvgIpc) is 2.79. The molecular weight excluding hydrogens is 674 g/mol. The van der Waals surface area contributed by atoms with Crippen LogP contribution in [0, 0.1) is 0 Å². The van der Waals surface area contributed by atoms with Crippen LogP contribution in [-0.4, -0.2) is 49.4 Å². The van der Waals surface area contributed by atoms with Crippen molar-refractivity contribution in [3.05, 3.63) is 72.8 Å². The SMILES string of the molecule is C[Si](C)(C)N(c1cccc(P(c2cccc(N([Si](C)(C)C)[Si](C)(C)C)c2)c2cccc(N([Si](C)(C)C)[Si](C)(C)C)c2)c1)[Si](C)(C)C. The molecule has 0 fully saturated rings. The van der Waals surface area contributed by atoms with Crippen LogP contribution in [0.3, 0.4) is 0 Å². The van der Waals surface area contributed by atoms with Crippen LogP contribution >= 0.6 is 7.92 Å². The van der Waals surface area contributed by atoms with E-state index in [0.29, 0.717) is 0 Å². The van der Waals surface area contributed by atoms with Crippen molar-refractivity contribution in [3.63, 3.8) is 0 Å². The van der Waals surface area contributed by atoms with Gasteiger partial charge in [0.25, 0.3) is 0 Å². The van der Waals surface area contributed by atoms with E-state index in [1.165, 1.54) is 33.0 Å². The number of anilines is 3. The Morgan fingerprint density at radius 2 is 0.522 bits per heavy atom. The number of hydrogen-bond acceptors (Lipinski definition) is 3. The van der Waals surface area contributed by atoms with Crippen LogP contribution in [0.4, 0.5) is 17.1 Å². The lowest BCUT2D eigenvalue weighted by Crippen LogP contribution is -2.59. The standard InChI is InChI=1S/C36H66N3PSi6/c1-41(2,3)37(42(4,5)6)31-22-19-25-34(28-31)40(35-26-20-23-32(29-35)38(43(7,8)9)44(10,11)12)36-27-21-24-33(30-36)39(45(13,14)15)46(16,17)18/h19-30H,1-18H3. The maximum absolute atomic E-state index is 2.88. The molecule has 0 bridgehead atoms. The maximum Gasteiger partial charge on any atom is 0.138 e. The Labute approximate surface area is 292 Å². The largest absolute Gasteiger partial charge is 0.425 e. The smallest absolute Gasteiger partial charge is 0.138 e. The lowest BCUT2D eigenvalue weighted by molar-refractivity contribution is 1.36. The number of benzene rings is 3. The summed E-state index contributed by atoms with van der Waals surface area (Å²) in [4.78, 5) is 0. The van der Waals surface area contributed by atoms with E-state index in [9.17, 15) is 0 Å². The molecule has 0 N–H and O–H groups in total. The van der Waals surface area contributed by atoms with Gasteiger partial charge < -0.3 is 12.7 Å². The molecule has 3 aromatic rings. The molecule has 0 atom stereocenters. The number of hydrogen-bond donors (Lipinski definition) is 0. The van der Waals surface area contributed by atoms with Crippen LogP contribution in [0.5, 0.6) is 0 Å². The minimum Gasteiger partial charge on any atom is -0.425 e. The van der Waals surface area contributed by atoms with E-state index in [1.54, 1.807) is 0 Å². The molecule has 0 saturated carbocycles. The fourth-order valence-electron chi connectivity index (χ4n) is 8.10. The summed E-state index contributed by atoms with van der Waals surface area (Å²) in [5.74, 6) is 0. The molecule has 3 aromatic carbocycles. The molecule has 0 unspecified atom stereocenters. The molecule has 3 rings (SSSR count). The van der Waals surface area contributed by atoms with Gasteiger partial charge in [-0.15, -0.1) is 0 Å². The van der Waals surface area contributed by atoms with Crippen LogP contribution < -0.4 is 28.6 Å². The van der Waals surface area contributed by atoms with Gasteiger partial charge in [-0.2, -0.15) is 0 Å².